The predicted molar refractivity (Wildman–Crippen MR) is 88.8 cm³/mol. The molecule has 0 N–H and O–H groups in total. The lowest BCUT2D eigenvalue weighted by Crippen LogP contribution is -2.01. The fourth-order valence-electron chi connectivity index (χ4n) is 2.15. The van der Waals surface area contributed by atoms with Gasteiger partial charge in [0.25, 0.3) is 0 Å². The van der Waals surface area contributed by atoms with Crippen LogP contribution < -0.4 is 0 Å². The number of fused-ring (bicyclic) bond motifs is 3. The standard InChI is InChI=1S/C16H14ClN5/c1-4-6-7-11(5-2)14-15(17)20-16-12(19-14)9-18-13-8-10(3)21-22(13)16/h4-9H,2H2,1,3H3. The minimum absolute atomic E-state index is 0.309. The third-order valence-corrected chi connectivity index (χ3v) is 3.42. The van der Waals surface area contributed by atoms with Gasteiger partial charge >= 0.3 is 0 Å². The summed E-state index contributed by atoms with van der Waals surface area (Å²) >= 11 is 6.32. The third kappa shape index (κ3) is 2.40. The van der Waals surface area contributed by atoms with Crippen LogP contribution in [-0.2, 0) is 0 Å². The Morgan fingerprint density at radius 1 is 1.36 bits per heavy atom. The molecule has 3 aromatic rings. The zero-order valence-electron chi connectivity index (χ0n) is 12.3. The van der Waals surface area contributed by atoms with Gasteiger partial charge in [0.05, 0.1) is 11.9 Å². The highest BCUT2D eigenvalue weighted by atomic mass is 35.5. The molecule has 0 saturated heterocycles. The maximum atomic E-state index is 6.32. The molecule has 3 rings (SSSR count). The van der Waals surface area contributed by atoms with Crippen molar-refractivity contribution >= 4 is 34.0 Å². The van der Waals surface area contributed by atoms with Crippen LogP contribution in [0.2, 0.25) is 5.15 Å². The van der Waals surface area contributed by atoms with Crippen molar-refractivity contribution in [1.82, 2.24) is 24.6 Å². The quantitative estimate of drug-likeness (QED) is 0.691. The first kappa shape index (κ1) is 14.4. The zero-order valence-corrected chi connectivity index (χ0v) is 13.0. The van der Waals surface area contributed by atoms with Crippen molar-refractivity contribution in [2.75, 3.05) is 0 Å². The summed E-state index contributed by atoms with van der Waals surface area (Å²) in [4.78, 5) is 13.4. The van der Waals surface area contributed by atoms with E-state index in [0.717, 1.165) is 16.9 Å². The van der Waals surface area contributed by atoms with E-state index in [1.807, 2.05) is 38.1 Å². The molecule has 0 unspecified atom stereocenters. The second-order valence-corrected chi connectivity index (χ2v) is 5.10. The Labute approximate surface area is 132 Å². The molecule has 5 nitrogen and oxygen atoms in total. The van der Waals surface area contributed by atoms with Crippen LogP contribution in [0.4, 0.5) is 0 Å². The second kappa shape index (κ2) is 5.69. The van der Waals surface area contributed by atoms with E-state index >= 15 is 0 Å². The highest BCUT2D eigenvalue weighted by Gasteiger charge is 2.13. The van der Waals surface area contributed by atoms with Gasteiger partial charge in [-0.2, -0.15) is 9.61 Å². The summed E-state index contributed by atoms with van der Waals surface area (Å²) < 4.78 is 1.65. The Morgan fingerprint density at radius 3 is 2.91 bits per heavy atom. The highest BCUT2D eigenvalue weighted by molar-refractivity contribution is 6.31. The molecular formula is C16H14ClN5. The predicted octanol–water partition coefficient (Wildman–Crippen LogP) is 3.78. The number of aromatic nitrogens is 5. The highest BCUT2D eigenvalue weighted by Crippen LogP contribution is 2.24. The number of hydrogen-bond donors (Lipinski definition) is 0. The molecular weight excluding hydrogens is 298 g/mol. The van der Waals surface area contributed by atoms with Crippen LogP contribution in [0.5, 0.6) is 0 Å². The topological polar surface area (TPSA) is 56.0 Å². The summed E-state index contributed by atoms with van der Waals surface area (Å²) in [5.41, 5.74) is 4.17. The molecule has 0 aliphatic carbocycles. The number of rotatable bonds is 3. The fourth-order valence-corrected chi connectivity index (χ4v) is 2.38. The molecule has 0 aliphatic heterocycles. The van der Waals surface area contributed by atoms with E-state index < -0.39 is 0 Å². The van der Waals surface area contributed by atoms with Crippen LogP contribution in [0.1, 0.15) is 18.3 Å². The summed E-state index contributed by atoms with van der Waals surface area (Å²) in [5.74, 6) is 0. The zero-order chi connectivity index (χ0) is 15.7. The monoisotopic (exact) mass is 311 g/mol. The first-order valence-electron chi connectivity index (χ1n) is 6.78. The molecule has 0 saturated carbocycles. The maximum absolute atomic E-state index is 6.32. The molecule has 0 amide bonds. The number of aryl methyl sites for hydroxylation is 1. The average molecular weight is 312 g/mol. The normalized spacial score (nSPS) is 12.6. The van der Waals surface area contributed by atoms with Crippen molar-refractivity contribution in [1.29, 1.82) is 0 Å². The minimum Gasteiger partial charge on any atom is -0.240 e. The molecule has 0 aliphatic rings. The minimum atomic E-state index is 0.309. The van der Waals surface area contributed by atoms with Gasteiger partial charge in [-0.05, 0) is 13.8 Å². The van der Waals surface area contributed by atoms with Crippen molar-refractivity contribution in [3.05, 3.63) is 59.7 Å². The van der Waals surface area contributed by atoms with Gasteiger partial charge in [-0.15, -0.1) is 0 Å². The molecule has 6 heteroatoms. The van der Waals surface area contributed by atoms with E-state index in [0.29, 0.717) is 22.0 Å². The van der Waals surface area contributed by atoms with Gasteiger partial charge in [-0.3, -0.25) is 0 Å². The van der Waals surface area contributed by atoms with E-state index in [9.17, 15) is 0 Å². The van der Waals surface area contributed by atoms with Crippen LogP contribution in [0.25, 0.3) is 22.4 Å². The summed E-state index contributed by atoms with van der Waals surface area (Å²) in [6.45, 7) is 7.64. The van der Waals surface area contributed by atoms with Crippen molar-refractivity contribution in [2.45, 2.75) is 13.8 Å². The van der Waals surface area contributed by atoms with Gasteiger partial charge in [0.2, 0.25) is 0 Å². The smallest absolute Gasteiger partial charge is 0.184 e. The first-order chi connectivity index (χ1) is 10.6. The second-order valence-electron chi connectivity index (χ2n) is 4.74. The Hall–Kier alpha value is -2.53. The van der Waals surface area contributed by atoms with E-state index in [1.54, 1.807) is 16.8 Å². The van der Waals surface area contributed by atoms with E-state index in [1.165, 1.54) is 0 Å². The summed E-state index contributed by atoms with van der Waals surface area (Å²) in [6, 6.07) is 1.88. The van der Waals surface area contributed by atoms with Crippen molar-refractivity contribution in [3.63, 3.8) is 0 Å². The van der Waals surface area contributed by atoms with Gasteiger partial charge in [0, 0.05) is 11.6 Å². The molecule has 3 heterocycles. The lowest BCUT2D eigenvalue weighted by molar-refractivity contribution is 0.933. The van der Waals surface area contributed by atoms with E-state index in [2.05, 4.69) is 26.6 Å². The molecule has 0 atom stereocenters. The number of hydrogen-bond acceptors (Lipinski definition) is 4. The average Bonchev–Trinajstić information content (AvgIpc) is 2.89. The van der Waals surface area contributed by atoms with Gasteiger partial charge in [0.15, 0.2) is 16.4 Å². The molecule has 3 aromatic heterocycles. The molecule has 0 spiro atoms. The van der Waals surface area contributed by atoms with Gasteiger partial charge in [0.1, 0.15) is 11.2 Å². The summed E-state index contributed by atoms with van der Waals surface area (Å²) in [5, 5.41) is 4.68. The van der Waals surface area contributed by atoms with Gasteiger partial charge in [-0.25, -0.2) is 15.0 Å². The van der Waals surface area contributed by atoms with Crippen molar-refractivity contribution in [3.8, 4) is 0 Å². The lowest BCUT2D eigenvalue weighted by atomic mass is 10.1. The SMILES string of the molecule is C=CC(=CC=CC)c1nc2cnc3cc(C)nn3c2nc1Cl. The fraction of sp³-hybridized carbons (Fsp3) is 0.125. The van der Waals surface area contributed by atoms with Gasteiger partial charge < -0.3 is 0 Å². The molecule has 0 fully saturated rings. The van der Waals surface area contributed by atoms with E-state index in [4.69, 9.17) is 11.6 Å². The Morgan fingerprint density at radius 2 is 2.18 bits per heavy atom. The van der Waals surface area contributed by atoms with Crippen molar-refractivity contribution < 1.29 is 0 Å². The first-order valence-corrected chi connectivity index (χ1v) is 7.16. The Bertz CT molecular complexity index is 937. The lowest BCUT2D eigenvalue weighted by Gasteiger charge is -2.06. The summed E-state index contributed by atoms with van der Waals surface area (Å²) in [6.07, 6.45) is 9.08. The number of allylic oxidation sites excluding steroid dienone is 5. The maximum Gasteiger partial charge on any atom is 0.184 e. The Kier molecular flexibility index (Phi) is 3.73. The summed E-state index contributed by atoms with van der Waals surface area (Å²) in [7, 11) is 0. The van der Waals surface area contributed by atoms with Gasteiger partial charge in [-0.1, -0.05) is 42.5 Å². The van der Waals surface area contributed by atoms with Crippen LogP contribution in [0.3, 0.4) is 0 Å². The van der Waals surface area contributed by atoms with Crippen LogP contribution in [0.15, 0.2) is 43.1 Å². The molecule has 0 radical (unpaired) electrons. The molecule has 110 valence electrons. The van der Waals surface area contributed by atoms with Crippen molar-refractivity contribution in [2.24, 2.45) is 0 Å². The number of halogens is 1. The van der Waals surface area contributed by atoms with Crippen LogP contribution >= 0.6 is 11.6 Å². The van der Waals surface area contributed by atoms with Crippen LogP contribution in [-0.4, -0.2) is 24.6 Å². The van der Waals surface area contributed by atoms with Crippen LogP contribution in [0, 0.1) is 6.92 Å². The number of nitrogens with zero attached hydrogens (tertiary/aromatic N) is 5. The Balaban J connectivity index is 2.29. The molecule has 0 aromatic carbocycles. The molecule has 0 bridgehead atoms. The molecule has 22 heavy (non-hydrogen) atoms. The largest absolute Gasteiger partial charge is 0.240 e. The third-order valence-electron chi connectivity index (χ3n) is 3.15. The van der Waals surface area contributed by atoms with E-state index in [-0.39, 0.29) is 0 Å².